The van der Waals surface area contributed by atoms with Crippen LogP contribution in [0.15, 0.2) is 84.0 Å². The summed E-state index contributed by atoms with van der Waals surface area (Å²) in [5.74, 6) is 1.71. The lowest BCUT2D eigenvalue weighted by atomic mass is 10.1. The number of ether oxygens (including phenoxy) is 1. The number of aromatic nitrogens is 3. The molecule has 0 bridgehead atoms. The molecule has 168 valence electrons. The molecule has 0 aliphatic heterocycles. The highest BCUT2D eigenvalue weighted by Gasteiger charge is 2.17. The second-order valence-electron chi connectivity index (χ2n) is 7.22. The lowest BCUT2D eigenvalue weighted by molar-refractivity contribution is -0.118. The van der Waals surface area contributed by atoms with Gasteiger partial charge < -0.3 is 10.1 Å². The van der Waals surface area contributed by atoms with Crippen LogP contribution >= 0.6 is 23.4 Å². The zero-order chi connectivity index (χ0) is 23.0. The number of thioether (sulfide) groups is 1. The minimum Gasteiger partial charge on any atom is -0.497 e. The molecule has 1 amide bonds. The van der Waals surface area contributed by atoms with Gasteiger partial charge in [0.1, 0.15) is 5.75 Å². The molecule has 0 spiro atoms. The summed E-state index contributed by atoms with van der Waals surface area (Å²) >= 11 is 7.40. The number of para-hydroxylation sites is 1. The van der Waals surface area contributed by atoms with E-state index in [9.17, 15) is 4.79 Å². The minimum absolute atomic E-state index is 0.0517. The Hall–Kier alpha value is -3.29. The van der Waals surface area contributed by atoms with Gasteiger partial charge in [-0.05, 0) is 60.5 Å². The summed E-state index contributed by atoms with van der Waals surface area (Å²) in [6, 6.07) is 25.2. The summed E-state index contributed by atoms with van der Waals surface area (Å²) in [5.41, 5.74) is 2.96. The van der Waals surface area contributed by atoms with Gasteiger partial charge >= 0.3 is 0 Å². The fourth-order valence-electron chi connectivity index (χ4n) is 3.28. The van der Waals surface area contributed by atoms with E-state index in [4.69, 9.17) is 16.3 Å². The number of carbonyl (C=O) groups excluding carboxylic acids is 1. The Morgan fingerprint density at radius 2 is 1.73 bits per heavy atom. The SMILES string of the molecule is COc1ccc(CCNC(=O)CSc2nnc(-c3ccc(Cl)cc3)n2-c2ccccc2)cc1. The summed E-state index contributed by atoms with van der Waals surface area (Å²) in [6.07, 6.45) is 0.751. The quantitative estimate of drug-likeness (QED) is 0.341. The molecule has 0 saturated carbocycles. The van der Waals surface area contributed by atoms with E-state index in [1.165, 1.54) is 11.8 Å². The second kappa shape index (κ2) is 11.0. The van der Waals surface area contributed by atoms with Gasteiger partial charge in [0.25, 0.3) is 0 Å². The van der Waals surface area contributed by atoms with Crippen molar-refractivity contribution in [3.63, 3.8) is 0 Å². The van der Waals surface area contributed by atoms with E-state index in [-0.39, 0.29) is 11.7 Å². The minimum atomic E-state index is -0.0517. The lowest BCUT2D eigenvalue weighted by Crippen LogP contribution is -2.27. The standard InChI is InChI=1S/C25H23ClN4O2S/c1-32-22-13-7-18(8-14-22)15-16-27-23(31)17-33-25-29-28-24(19-9-11-20(26)12-10-19)30(25)21-5-3-2-4-6-21/h2-14H,15-17H2,1H3,(H,27,31). The third-order valence-corrected chi connectivity index (χ3v) is 6.16. The largest absolute Gasteiger partial charge is 0.497 e. The first-order valence-electron chi connectivity index (χ1n) is 10.4. The molecule has 0 aliphatic rings. The highest BCUT2D eigenvalue weighted by atomic mass is 35.5. The van der Waals surface area contributed by atoms with Crippen molar-refractivity contribution in [2.75, 3.05) is 19.4 Å². The number of nitrogens with zero attached hydrogens (tertiary/aromatic N) is 3. The first-order chi connectivity index (χ1) is 16.1. The lowest BCUT2D eigenvalue weighted by Gasteiger charge is -2.10. The van der Waals surface area contributed by atoms with Gasteiger partial charge in [-0.15, -0.1) is 10.2 Å². The van der Waals surface area contributed by atoms with E-state index in [1.807, 2.05) is 83.4 Å². The molecule has 0 saturated heterocycles. The molecule has 6 nitrogen and oxygen atoms in total. The van der Waals surface area contributed by atoms with Gasteiger partial charge in [-0.2, -0.15) is 0 Å². The monoisotopic (exact) mass is 478 g/mol. The molecule has 0 fully saturated rings. The molecular formula is C25H23ClN4O2S. The maximum absolute atomic E-state index is 12.4. The number of amides is 1. The van der Waals surface area contributed by atoms with Gasteiger partial charge in [-0.3, -0.25) is 9.36 Å². The van der Waals surface area contributed by atoms with Crippen LogP contribution in [-0.2, 0) is 11.2 Å². The van der Waals surface area contributed by atoms with E-state index < -0.39 is 0 Å². The third kappa shape index (κ3) is 5.94. The summed E-state index contributed by atoms with van der Waals surface area (Å²) in [5, 5.41) is 13.0. The summed E-state index contributed by atoms with van der Waals surface area (Å²) < 4.78 is 7.13. The van der Waals surface area contributed by atoms with E-state index in [0.717, 1.165) is 29.0 Å². The Morgan fingerprint density at radius 3 is 2.42 bits per heavy atom. The Labute approximate surface area is 202 Å². The number of methoxy groups -OCH3 is 1. The topological polar surface area (TPSA) is 69.0 Å². The summed E-state index contributed by atoms with van der Waals surface area (Å²) in [4.78, 5) is 12.4. The fraction of sp³-hybridized carbons (Fsp3) is 0.160. The van der Waals surface area contributed by atoms with E-state index in [1.54, 1.807) is 7.11 Å². The van der Waals surface area contributed by atoms with Gasteiger partial charge in [-0.25, -0.2) is 0 Å². The second-order valence-corrected chi connectivity index (χ2v) is 8.60. The van der Waals surface area contributed by atoms with Crippen molar-refractivity contribution in [1.29, 1.82) is 0 Å². The van der Waals surface area contributed by atoms with Crippen LogP contribution in [0.1, 0.15) is 5.56 Å². The van der Waals surface area contributed by atoms with Gasteiger partial charge in [0.2, 0.25) is 5.91 Å². The van der Waals surface area contributed by atoms with Crippen LogP contribution in [0.2, 0.25) is 5.02 Å². The number of hydrogen-bond acceptors (Lipinski definition) is 5. The van der Waals surface area contributed by atoms with Gasteiger partial charge in [0.15, 0.2) is 11.0 Å². The van der Waals surface area contributed by atoms with E-state index in [2.05, 4.69) is 15.5 Å². The molecule has 0 atom stereocenters. The smallest absolute Gasteiger partial charge is 0.230 e. The zero-order valence-electron chi connectivity index (χ0n) is 18.1. The van der Waals surface area contributed by atoms with Gasteiger partial charge in [0.05, 0.1) is 12.9 Å². The first-order valence-corrected chi connectivity index (χ1v) is 11.8. The highest BCUT2D eigenvalue weighted by Crippen LogP contribution is 2.28. The Balaban J connectivity index is 1.42. The average Bonchev–Trinajstić information content (AvgIpc) is 3.28. The van der Waals surface area contributed by atoms with Crippen molar-refractivity contribution in [3.05, 3.63) is 89.4 Å². The predicted octanol–water partition coefficient (Wildman–Crippen LogP) is 5.05. The normalized spacial score (nSPS) is 10.7. The van der Waals surface area contributed by atoms with Crippen molar-refractivity contribution in [2.45, 2.75) is 11.6 Å². The number of hydrogen-bond donors (Lipinski definition) is 1. The first kappa shape index (κ1) is 22.9. The van der Waals surface area contributed by atoms with Crippen molar-refractivity contribution in [2.24, 2.45) is 0 Å². The van der Waals surface area contributed by atoms with Crippen molar-refractivity contribution < 1.29 is 9.53 Å². The summed E-state index contributed by atoms with van der Waals surface area (Å²) in [6.45, 7) is 0.563. The maximum Gasteiger partial charge on any atom is 0.230 e. The third-order valence-electron chi connectivity index (χ3n) is 4.98. The van der Waals surface area contributed by atoms with Crippen LogP contribution in [0.3, 0.4) is 0 Å². The van der Waals surface area contributed by atoms with Crippen molar-refractivity contribution in [1.82, 2.24) is 20.1 Å². The molecule has 0 aliphatic carbocycles. The van der Waals surface area contributed by atoms with Crippen LogP contribution < -0.4 is 10.1 Å². The van der Waals surface area contributed by atoms with Crippen LogP contribution in [0.4, 0.5) is 0 Å². The number of halogens is 1. The molecule has 33 heavy (non-hydrogen) atoms. The van der Waals surface area contributed by atoms with Crippen molar-refractivity contribution in [3.8, 4) is 22.8 Å². The predicted molar refractivity (Wildman–Crippen MR) is 132 cm³/mol. The Bertz CT molecular complexity index is 1200. The maximum atomic E-state index is 12.4. The summed E-state index contributed by atoms with van der Waals surface area (Å²) in [7, 11) is 1.64. The highest BCUT2D eigenvalue weighted by molar-refractivity contribution is 7.99. The van der Waals surface area contributed by atoms with Gasteiger partial charge in [-0.1, -0.05) is 53.7 Å². The number of nitrogens with one attached hydrogen (secondary N) is 1. The molecule has 3 aromatic carbocycles. The molecule has 0 radical (unpaired) electrons. The van der Waals surface area contributed by atoms with Crippen LogP contribution in [0.5, 0.6) is 5.75 Å². The zero-order valence-corrected chi connectivity index (χ0v) is 19.6. The number of carbonyl (C=O) groups is 1. The molecule has 4 aromatic rings. The van der Waals surface area contributed by atoms with Crippen LogP contribution in [-0.4, -0.2) is 40.1 Å². The Morgan fingerprint density at radius 1 is 1.00 bits per heavy atom. The molecule has 0 unspecified atom stereocenters. The van der Waals surface area contributed by atoms with Crippen molar-refractivity contribution >= 4 is 29.3 Å². The Kier molecular flexibility index (Phi) is 7.65. The molecule has 8 heteroatoms. The van der Waals surface area contributed by atoms with Gasteiger partial charge in [0, 0.05) is 22.8 Å². The number of rotatable bonds is 9. The van der Waals surface area contributed by atoms with Crippen LogP contribution in [0, 0.1) is 0 Å². The van der Waals surface area contributed by atoms with E-state index >= 15 is 0 Å². The van der Waals surface area contributed by atoms with E-state index in [0.29, 0.717) is 22.5 Å². The number of benzene rings is 3. The molecule has 1 aromatic heterocycles. The molecular weight excluding hydrogens is 456 g/mol. The molecule has 1 N–H and O–H groups in total. The van der Waals surface area contributed by atoms with Crippen LogP contribution in [0.25, 0.3) is 17.1 Å². The molecule has 1 heterocycles. The molecule has 4 rings (SSSR count). The fourth-order valence-corrected chi connectivity index (χ4v) is 4.19. The average molecular weight is 479 g/mol.